The van der Waals surface area contributed by atoms with Gasteiger partial charge >= 0.3 is 5.97 Å². The lowest BCUT2D eigenvalue weighted by Crippen LogP contribution is -2.28. The Bertz CT molecular complexity index is 1010. The van der Waals surface area contributed by atoms with Gasteiger partial charge in [0.15, 0.2) is 0 Å². The number of nitrogens with zero attached hydrogens (tertiary/aromatic N) is 2. The van der Waals surface area contributed by atoms with Gasteiger partial charge in [0, 0.05) is 5.69 Å². The summed E-state index contributed by atoms with van der Waals surface area (Å²) in [5.41, 5.74) is 2.82. The van der Waals surface area contributed by atoms with E-state index < -0.39 is 11.4 Å². The van der Waals surface area contributed by atoms with E-state index in [1.165, 1.54) is 0 Å². The lowest BCUT2D eigenvalue weighted by atomic mass is 9.85. The van der Waals surface area contributed by atoms with Crippen LogP contribution < -0.4 is 5.32 Å². The highest BCUT2D eigenvalue weighted by Crippen LogP contribution is 2.25. The molecule has 150 valence electrons. The highest BCUT2D eigenvalue weighted by atomic mass is 16.4. The van der Waals surface area contributed by atoms with Crippen molar-refractivity contribution in [2.24, 2.45) is 0 Å². The second kappa shape index (κ2) is 8.31. The predicted octanol–water partition coefficient (Wildman–Crippen LogP) is 4.11. The lowest BCUT2D eigenvalue weighted by Gasteiger charge is -2.19. The Hall–Kier alpha value is -3.41. The van der Waals surface area contributed by atoms with Crippen LogP contribution in [-0.2, 0) is 23.2 Å². The van der Waals surface area contributed by atoms with Crippen LogP contribution in [0.1, 0.15) is 48.0 Å². The SMILES string of the molecule is CCc1c(C(=O)Nc2ccc(C(C)(C)C(=O)O)cc2)cnn1Cc1ccccc1. The smallest absolute Gasteiger partial charge is 0.313 e. The van der Waals surface area contributed by atoms with Crippen molar-refractivity contribution in [3.63, 3.8) is 0 Å². The first-order valence-corrected chi connectivity index (χ1v) is 9.56. The molecule has 6 heteroatoms. The van der Waals surface area contributed by atoms with E-state index in [-0.39, 0.29) is 5.91 Å². The minimum absolute atomic E-state index is 0.230. The number of carbonyl (C=O) groups is 2. The van der Waals surface area contributed by atoms with Gasteiger partial charge in [-0.25, -0.2) is 0 Å². The normalized spacial score (nSPS) is 11.3. The Morgan fingerprint density at radius 3 is 2.31 bits per heavy atom. The molecule has 0 spiro atoms. The van der Waals surface area contributed by atoms with Gasteiger partial charge in [-0.15, -0.1) is 0 Å². The number of aliphatic carboxylic acids is 1. The number of carboxylic acid groups (broad SMARTS) is 1. The van der Waals surface area contributed by atoms with Crippen molar-refractivity contribution in [3.05, 3.63) is 83.2 Å². The van der Waals surface area contributed by atoms with Crippen molar-refractivity contribution in [2.45, 2.75) is 39.2 Å². The fourth-order valence-corrected chi connectivity index (χ4v) is 3.16. The number of benzene rings is 2. The van der Waals surface area contributed by atoms with E-state index in [9.17, 15) is 14.7 Å². The molecule has 0 radical (unpaired) electrons. The third-order valence-electron chi connectivity index (χ3n) is 5.10. The second-order valence-electron chi connectivity index (χ2n) is 7.46. The second-order valence-corrected chi connectivity index (χ2v) is 7.46. The molecule has 3 aromatic rings. The molecule has 0 fully saturated rings. The molecule has 0 saturated carbocycles. The molecule has 0 aliphatic heterocycles. The summed E-state index contributed by atoms with van der Waals surface area (Å²) in [5.74, 6) is -1.13. The third kappa shape index (κ3) is 4.37. The minimum Gasteiger partial charge on any atom is -0.481 e. The molecule has 29 heavy (non-hydrogen) atoms. The highest BCUT2D eigenvalue weighted by Gasteiger charge is 2.29. The summed E-state index contributed by atoms with van der Waals surface area (Å²) >= 11 is 0. The number of nitrogens with one attached hydrogen (secondary N) is 1. The number of hydrogen-bond donors (Lipinski definition) is 2. The van der Waals surface area contributed by atoms with Gasteiger partial charge in [0.25, 0.3) is 5.91 Å². The first-order valence-electron chi connectivity index (χ1n) is 9.56. The molecule has 0 atom stereocenters. The van der Waals surface area contributed by atoms with Gasteiger partial charge in [0.2, 0.25) is 0 Å². The number of carboxylic acids is 1. The van der Waals surface area contributed by atoms with Gasteiger partial charge < -0.3 is 10.4 Å². The van der Waals surface area contributed by atoms with E-state index in [0.717, 1.165) is 11.3 Å². The van der Waals surface area contributed by atoms with Crippen molar-refractivity contribution in [1.82, 2.24) is 9.78 Å². The molecule has 0 aliphatic carbocycles. The molecule has 0 saturated heterocycles. The fourth-order valence-electron chi connectivity index (χ4n) is 3.16. The molecule has 2 N–H and O–H groups in total. The lowest BCUT2D eigenvalue weighted by molar-refractivity contribution is -0.142. The largest absolute Gasteiger partial charge is 0.481 e. The number of aromatic nitrogens is 2. The number of amides is 1. The first-order chi connectivity index (χ1) is 13.8. The van der Waals surface area contributed by atoms with E-state index >= 15 is 0 Å². The van der Waals surface area contributed by atoms with Crippen LogP contribution in [0.15, 0.2) is 60.8 Å². The molecule has 6 nitrogen and oxygen atoms in total. The van der Waals surface area contributed by atoms with Crippen LogP contribution in [0.3, 0.4) is 0 Å². The molecule has 0 unspecified atom stereocenters. The highest BCUT2D eigenvalue weighted by molar-refractivity contribution is 6.05. The topological polar surface area (TPSA) is 84.2 Å². The Morgan fingerprint density at radius 1 is 1.07 bits per heavy atom. The van der Waals surface area contributed by atoms with E-state index in [0.29, 0.717) is 29.8 Å². The van der Waals surface area contributed by atoms with Gasteiger partial charge in [-0.1, -0.05) is 49.4 Å². The zero-order chi connectivity index (χ0) is 21.0. The summed E-state index contributed by atoms with van der Waals surface area (Å²) in [7, 11) is 0. The Morgan fingerprint density at radius 2 is 1.72 bits per heavy atom. The van der Waals surface area contributed by atoms with Crippen LogP contribution in [0.2, 0.25) is 0 Å². The summed E-state index contributed by atoms with van der Waals surface area (Å²) in [5, 5.41) is 16.6. The van der Waals surface area contributed by atoms with Crippen LogP contribution in [0.25, 0.3) is 0 Å². The van der Waals surface area contributed by atoms with Crippen molar-refractivity contribution in [3.8, 4) is 0 Å². The zero-order valence-corrected chi connectivity index (χ0v) is 16.8. The monoisotopic (exact) mass is 391 g/mol. The average molecular weight is 391 g/mol. The van der Waals surface area contributed by atoms with Gasteiger partial charge in [0.05, 0.1) is 29.4 Å². The van der Waals surface area contributed by atoms with Crippen molar-refractivity contribution in [1.29, 1.82) is 0 Å². The van der Waals surface area contributed by atoms with Gasteiger partial charge in [-0.3, -0.25) is 14.3 Å². The van der Waals surface area contributed by atoms with E-state index in [4.69, 9.17) is 0 Å². The van der Waals surface area contributed by atoms with Gasteiger partial charge in [-0.05, 0) is 43.5 Å². The number of rotatable bonds is 7. The van der Waals surface area contributed by atoms with Crippen LogP contribution in [0, 0.1) is 0 Å². The zero-order valence-electron chi connectivity index (χ0n) is 16.8. The quantitative estimate of drug-likeness (QED) is 0.635. The van der Waals surface area contributed by atoms with Gasteiger partial charge in [-0.2, -0.15) is 5.10 Å². The molecular formula is C23H25N3O3. The van der Waals surface area contributed by atoms with Crippen molar-refractivity contribution >= 4 is 17.6 Å². The van der Waals surface area contributed by atoms with Crippen LogP contribution in [0.5, 0.6) is 0 Å². The van der Waals surface area contributed by atoms with Gasteiger partial charge in [0.1, 0.15) is 0 Å². The Balaban J connectivity index is 1.76. The van der Waals surface area contributed by atoms with Crippen molar-refractivity contribution < 1.29 is 14.7 Å². The summed E-state index contributed by atoms with van der Waals surface area (Å²) in [4.78, 5) is 24.2. The standard InChI is InChI=1S/C23H25N3O3/c1-4-20-19(14-24-26(20)15-16-8-6-5-7-9-16)21(27)25-18-12-10-17(11-13-18)23(2,3)22(28)29/h5-14H,4,15H2,1-3H3,(H,25,27)(H,28,29). The molecule has 1 amide bonds. The Labute approximate surface area is 170 Å². The Kier molecular flexibility index (Phi) is 5.82. The molecule has 3 rings (SSSR count). The summed E-state index contributed by atoms with van der Waals surface area (Å²) in [6.07, 6.45) is 2.28. The molecule has 0 aliphatic rings. The number of hydrogen-bond acceptors (Lipinski definition) is 3. The van der Waals surface area contributed by atoms with Crippen LogP contribution in [0.4, 0.5) is 5.69 Å². The molecule has 0 bridgehead atoms. The van der Waals surface area contributed by atoms with E-state index in [1.807, 2.05) is 41.9 Å². The molecule has 2 aromatic carbocycles. The maximum absolute atomic E-state index is 12.8. The van der Waals surface area contributed by atoms with Crippen molar-refractivity contribution in [2.75, 3.05) is 5.32 Å². The molecular weight excluding hydrogens is 366 g/mol. The van der Waals surface area contributed by atoms with E-state index in [1.54, 1.807) is 44.3 Å². The minimum atomic E-state index is -0.990. The first kappa shape index (κ1) is 20.3. The fraction of sp³-hybridized carbons (Fsp3) is 0.261. The average Bonchev–Trinajstić information content (AvgIpc) is 3.11. The van der Waals surface area contributed by atoms with Crippen LogP contribution in [-0.4, -0.2) is 26.8 Å². The maximum Gasteiger partial charge on any atom is 0.313 e. The third-order valence-corrected chi connectivity index (χ3v) is 5.10. The molecule has 1 heterocycles. The summed E-state index contributed by atoms with van der Waals surface area (Å²) in [6, 6.07) is 16.9. The maximum atomic E-state index is 12.8. The van der Waals surface area contributed by atoms with Crippen LogP contribution >= 0.6 is 0 Å². The number of anilines is 1. The van der Waals surface area contributed by atoms with E-state index in [2.05, 4.69) is 10.4 Å². The number of carbonyl (C=O) groups excluding carboxylic acids is 1. The molecule has 1 aromatic heterocycles. The summed E-state index contributed by atoms with van der Waals surface area (Å²) < 4.78 is 1.85. The summed E-state index contributed by atoms with van der Waals surface area (Å²) in [6.45, 7) is 5.91. The predicted molar refractivity (Wildman–Crippen MR) is 112 cm³/mol.